The number of hydrogen-bond donors (Lipinski definition) is 3. The van der Waals surface area contributed by atoms with Crippen LogP contribution in [0.25, 0.3) is 0 Å². The maximum Gasteiger partial charge on any atom is 0.314 e. The van der Waals surface area contributed by atoms with E-state index in [2.05, 4.69) is 22.8 Å². The standard InChI is InChI=1S/C17H22N2O3/c1-17(21,15-10-6-12-22-15)13-19-16(20)18-11-5-9-14-7-3-2-4-8-14/h2-4,6-8,10,12,21H,5,9,11,13H2,1H3,(H2,18,19,20)/t17-/m0/s1. The summed E-state index contributed by atoms with van der Waals surface area (Å²) in [6.45, 7) is 2.27. The Morgan fingerprint density at radius 2 is 1.95 bits per heavy atom. The fourth-order valence-electron chi connectivity index (χ4n) is 2.13. The van der Waals surface area contributed by atoms with Crippen molar-refractivity contribution in [2.75, 3.05) is 13.1 Å². The third-order valence-corrected chi connectivity index (χ3v) is 3.42. The minimum absolute atomic E-state index is 0.0883. The topological polar surface area (TPSA) is 74.5 Å². The van der Waals surface area contributed by atoms with Gasteiger partial charge in [0.15, 0.2) is 0 Å². The second-order valence-electron chi connectivity index (χ2n) is 5.45. The molecule has 0 saturated heterocycles. The van der Waals surface area contributed by atoms with Crippen LogP contribution in [0.15, 0.2) is 53.1 Å². The van der Waals surface area contributed by atoms with Crippen LogP contribution in [0.1, 0.15) is 24.7 Å². The number of rotatable bonds is 7. The van der Waals surface area contributed by atoms with Crippen LogP contribution in [0, 0.1) is 0 Å². The summed E-state index contributed by atoms with van der Waals surface area (Å²) in [5.74, 6) is 0.428. The lowest BCUT2D eigenvalue weighted by atomic mass is 10.0. The number of carbonyl (C=O) groups is 1. The Morgan fingerprint density at radius 1 is 1.18 bits per heavy atom. The lowest BCUT2D eigenvalue weighted by Gasteiger charge is -2.21. The second kappa shape index (κ2) is 7.66. The van der Waals surface area contributed by atoms with Crippen LogP contribution < -0.4 is 10.6 Å². The molecule has 1 atom stereocenters. The molecular formula is C17H22N2O3. The van der Waals surface area contributed by atoms with Crippen molar-refractivity contribution in [2.24, 2.45) is 0 Å². The summed E-state index contributed by atoms with van der Waals surface area (Å²) in [7, 11) is 0. The van der Waals surface area contributed by atoms with E-state index in [-0.39, 0.29) is 12.6 Å². The molecule has 0 fully saturated rings. The number of aryl methyl sites for hydroxylation is 1. The van der Waals surface area contributed by atoms with Gasteiger partial charge >= 0.3 is 6.03 Å². The van der Waals surface area contributed by atoms with Gasteiger partial charge in [0.05, 0.1) is 12.8 Å². The molecule has 2 amide bonds. The summed E-state index contributed by atoms with van der Waals surface area (Å²) >= 11 is 0. The Balaban J connectivity index is 1.64. The van der Waals surface area contributed by atoms with Crippen molar-refractivity contribution in [1.82, 2.24) is 10.6 Å². The molecule has 118 valence electrons. The average molecular weight is 302 g/mol. The van der Waals surface area contributed by atoms with Crippen molar-refractivity contribution in [3.63, 3.8) is 0 Å². The number of hydrogen-bond acceptors (Lipinski definition) is 3. The van der Waals surface area contributed by atoms with Crippen molar-refractivity contribution >= 4 is 6.03 Å². The van der Waals surface area contributed by atoms with Crippen molar-refractivity contribution in [3.05, 3.63) is 60.1 Å². The molecule has 1 heterocycles. The molecule has 0 unspecified atom stereocenters. The first kappa shape index (κ1) is 16.1. The zero-order valence-corrected chi connectivity index (χ0v) is 12.7. The molecule has 5 heteroatoms. The van der Waals surface area contributed by atoms with Gasteiger partial charge in [-0.1, -0.05) is 30.3 Å². The van der Waals surface area contributed by atoms with E-state index in [1.54, 1.807) is 19.1 Å². The van der Waals surface area contributed by atoms with Gasteiger partial charge in [0.25, 0.3) is 0 Å². The van der Waals surface area contributed by atoms with E-state index in [1.807, 2.05) is 18.2 Å². The Morgan fingerprint density at radius 3 is 2.64 bits per heavy atom. The molecule has 0 aliphatic heterocycles. The van der Waals surface area contributed by atoms with Crippen LogP contribution in [0.3, 0.4) is 0 Å². The van der Waals surface area contributed by atoms with Crippen LogP contribution in [0.2, 0.25) is 0 Å². The van der Waals surface area contributed by atoms with Crippen molar-refractivity contribution in [3.8, 4) is 0 Å². The van der Waals surface area contributed by atoms with Crippen LogP contribution in [0.5, 0.6) is 0 Å². The summed E-state index contributed by atoms with van der Waals surface area (Å²) < 4.78 is 5.16. The molecule has 5 nitrogen and oxygen atoms in total. The first-order chi connectivity index (χ1) is 10.6. The van der Waals surface area contributed by atoms with E-state index in [4.69, 9.17) is 4.42 Å². The number of furan rings is 1. The third kappa shape index (κ3) is 4.93. The van der Waals surface area contributed by atoms with Crippen molar-refractivity contribution in [1.29, 1.82) is 0 Å². The van der Waals surface area contributed by atoms with Gasteiger partial charge in [-0.15, -0.1) is 0 Å². The largest absolute Gasteiger partial charge is 0.466 e. The fourth-order valence-corrected chi connectivity index (χ4v) is 2.13. The van der Waals surface area contributed by atoms with E-state index >= 15 is 0 Å². The minimum Gasteiger partial charge on any atom is -0.466 e. The second-order valence-corrected chi connectivity index (χ2v) is 5.45. The molecule has 0 aliphatic carbocycles. The number of carbonyl (C=O) groups excluding carboxylic acids is 1. The Hall–Kier alpha value is -2.27. The summed E-state index contributed by atoms with van der Waals surface area (Å²) in [5, 5.41) is 15.6. The summed E-state index contributed by atoms with van der Waals surface area (Å²) in [6.07, 6.45) is 3.28. The molecule has 0 radical (unpaired) electrons. The maximum atomic E-state index is 11.7. The quantitative estimate of drug-likeness (QED) is 0.688. The average Bonchev–Trinajstić information content (AvgIpc) is 3.06. The van der Waals surface area contributed by atoms with Crippen molar-refractivity contribution < 1.29 is 14.3 Å². The van der Waals surface area contributed by atoms with Crippen LogP contribution in [0.4, 0.5) is 4.79 Å². The van der Waals surface area contributed by atoms with Gasteiger partial charge in [-0.25, -0.2) is 4.79 Å². The van der Waals surface area contributed by atoms with E-state index in [0.29, 0.717) is 12.3 Å². The van der Waals surface area contributed by atoms with E-state index in [1.165, 1.54) is 11.8 Å². The predicted molar refractivity (Wildman–Crippen MR) is 84.4 cm³/mol. The number of nitrogens with one attached hydrogen (secondary N) is 2. The predicted octanol–water partition coefficient (Wildman–Crippen LogP) is 2.42. The molecule has 2 aromatic rings. The maximum absolute atomic E-state index is 11.7. The number of benzene rings is 1. The highest BCUT2D eigenvalue weighted by Gasteiger charge is 2.26. The molecule has 1 aromatic carbocycles. The Kier molecular flexibility index (Phi) is 5.61. The Bertz CT molecular complexity index is 565. The molecule has 3 N–H and O–H groups in total. The van der Waals surface area contributed by atoms with Crippen LogP contribution in [-0.4, -0.2) is 24.2 Å². The minimum atomic E-state index is -1.22. The molecule has 22 heavy (non-hydrogen) atoms. The molecule has 0 bridgehead atoms. The normalized spacial score (nSPS) is 13.4. The van der Waals surface area contributed by atoms with Gasteiger partial charge in [-0.3, -0.25) is 0 Å². The lowest BCUT2D eigenvalue weighted by Crippen LogP contribution is -2.43. The van der Waals surface area contributed by atoms with Gasteiger partial charge < -0.3 is 20.2 Å². The SMILES string of the molecule is C[C@](O)(CNC(=O)NCCCc1ccccc1)c1ccco1. The molecular weight excluding hydrogens is 280 g/mol. The molecule has 0 saturated carbocycles. The van der Waals surface area contributed by atoms with Gasteiger partial charge in [0, 0.05) is 6.54 Å². The van der Waals surface area contributed by atoms with Gasteiger partial charge in [0.2, 0.25) is 0 Å². The van der Waals surface area contributed by atoms with E-state index in [9.17, 15) is 9.90 Å². The van der Waals surface area contributed by atoms with Crippen LogP contribution in [-0.2, 0) is 12.0 Å². The fraction of sp³-hybridized carbons (Fsp3) is 0.353. The van der Waals surface area contributed by atoms with Crippen LogP contribution >= 0.6 is 0 Å². The zero-order chi connectivity index (χ0) is 15.8. The van der Waals surface area contributed by atoms with Gasteiger partial charge in [-0.05, 0) is 37.5 Å². The molecule has 0 spiro atoms. The number of amides is 2. The monoisotopic (exact) mass is 302 g/mol. The lowest BCUT2D eigenvalue weighted by molar-refractivity contribution is 0.0367. The summed E-state index contributed by atoms with van der Waals surface area (Å²) in [5.41, 5.74) is 0.0377. The highest BCUT2D eigenvalue weighted by molar-refractivity contribution is 5.73. The van der Waals surface area contributed by atoms with E-state index in [0.717, 1.165) is 12.8 Å². The van der Waals surface area contributed by atoms with Crippen molar-refractivity contribution in [2.45, 2.75) is 25.4 Å². The summed E-state index contributed by atoms with van der Waals surface area (Å²) in [4.78, 5) is 11.7. The zero-order valence-electron chi connectivity index (χ0n) is 12.7. The number of aliphatic hydroxyl groups is 1. The summed E-state index contributed by atoms with van der Waals surface area (Å²) in [6, 6.07) is 13.2. The molecule has 2 rings (SSSR count). The Labute approximate surface area is 130 Å². The molecule has 1 aromatic heterocycles. The number of urea groups is 1. The highest BCUT2D eigenvalue weighted by atomic mass is 16.4. The van der Waals surface area contributed by atoms with Gasteiger partial charge in [-0.2, -0.15) is 0 Å². The highest BCUT2D eigenvalue weighted by Crippen LogP contribution is 2.19. The van der Waals surface area contributed by atoms with E-state index < -0.39 is 5.60 Å². The molecule has 0 aliphatic rings. The van der Waals surface area contributed by atoms with Gasteiger partial charge in [0.1, 0.15) is 11.4 Å². The third-order valence-electron chi connectivity index (χ3n) is 3.42. The smallest absolute Gasteiger partial charge is 0.314 e. The first-order valence-electron chi connectivity index (χ1n) is 7.40. The first-order valence-corrected chi connectivity index (χ1v) is 7.40.